The standard InChI is InChI=1S/C22H19FN2O3/c1-27-16-10-11-19(20(13-16)28-2)25-21(14-6-5-7-15(23)12-14)24-18-9-4-3-8-17(18)22(25)26/h3-13,21,24H,1-2H3. The molecule has 142 valence electrons. The van der Waals surface area contributed by atoms with Gasteiger partial charge in [-0.3, -0.25) is 9.69 Å². The van der Waals surface area contributed by atoms with Gasteiger partial charge in [-0.25, -0.2) is 4.39 Å². The molecule has 0 saturated carbocycles. The highest BCUT2D eigenvalue weighted by atomic mass is 19.1. The lowest BCUT2D eigenvalue weighted by atomic mass is 10.0. The molecule has 3 aromatic rings. The number of nitrogens with zero attached hydrogens (tertiary/aromatic N) is 1. The molecule has 0 aliphatic carbocycles. The number of fused-ring (bicyclic) bond motifs is 1. The third kappa shape index (κ3) is 3.03. The van der Waals surface area contributed by atoms with Gasteiger partial charge in [-0.05, 0) is 42.0 Å². The summed E-state index contributed by atoms with van der Waals surface area (Å²) in [6, 6.07) is 18.7. The third-order valence-electron chi connectivity index (χ3n) is 4.74. The van der Waals surface area contributed by atoms with E-state index in [9.17, 15) is 9.18 Å². The van der Waals surface area contributed by atoms with Crippen molar-refractivity contribution in [3.63, 3.8) is 0 Å². The third-order valence-corrected chi connectivity index (χ3v) is 4.74. The zero-order valence-electron chi connectivity index (χ0n) is 15.5. The molecule has 0 radical (unpaired) electrons. The van der Waals surface area contributed by atoms with Crippen molar-refractivity contribution in [3.05, 3.63) is 83.7 Å². The number of carbonyl (C=O) groups is 1. The summed E-state index contributed by atoms with van der Waals surface area (Å²) in [4.78, 5) is 15.0. The number of amides is 1. The molecular formula is C22H19FN2O3. The Bertz CT molecular complexity index is 1040. The van der Waals surface area contributed by atoms with Crippen LogP contribution in [0.5, 0.6) is 11.5 Å². The predicted molar refractivity (Wildman–Crippen MR) is 106 cm³/mol. The summed E-state index contributed by atoms with van der Waals surface area (Å²) >= 11 is 0. The second-order valence-electron chi connectivity index (χ2n) is 6.36. The summed E-state index contributed by atoms with van der Waals surface area (Å²) in [5.41, 5.74) is 2.42. The fourth-order valence-corrected chi connectivity index (χ4v) is 3.40. The quantitative estimate of drug-likeness (QED) is 0.720. The molecule has 0 aromatic heterocycles. The molecule has 0 spiro atoms. The molecule has 1 N–H and O–H groups in total. The van der Waals surface area contributed by atoms with Gasteiger partial charge in [0.25, 0.3) is 5.91 Å². The Morgan fingerprint density at radius 2 is 1.79 bits per heavy atom. The number of rotatable bonds is 4. The van der Waals surface area contributed by atoms with Crippen molar-refractivity contribution in [3.8, 4) is 11.5 Å². The van der Waals surface area contributed by atoms with Crippen LogP contribution in [0.15, 0.2) is 66.7 Å². The molecule has 0 fully saturated rings. The number of nitrogens with one attached hydrogen (secondary N) is 1. The molecule has 1 amide bonds. The lowest BCUT2D eigenvalue weighted by molar-refractivity contribution is 0.0974. The van der Waals surface area contributed by atoms with E-state index >= 15 is 0 Å². The van der Waals surface area contributed by atoms with Gasteiger partial charge in [0, 0.05) is 11.8 Å². The predicted octanol–water partition coefficient (Wildman–Crippen LogP) is 4.61. The fraction of sp³-hybridized carbons (Fsp3) is 0.136. The van der Waals surface area contributed by atoms with Gasteiger partial charge in [-0.15, -0.1) is 0 Å². The van der Waals surface area contributed by atoms with Crippen LogP contribution in [0.25, 0.3) is 0 Å². The highest BCUT2D eigenvalue weighted by molar-refractivity contribution is 6.12. The van der Waals surface area contributed by atoms with Gasteiger partial charge in [0.1, 0.15) is 23.5 Å². The van der Waals surface area contributed by atoms with Crippen molar-refractivity contribution in [2.75, 3.05) is 24.4 Å². The van der Waals surface area contributed by atoms with Crippen molar-refractivity contribution < 1.29 is 18.7 Å². The zero-order valence-corrected chi connectivity index (χ0v) is 15.5. The summed E-state index contributed by atoms with van der Waals surface area (Å²) in [6.45, 7) is 0. The Morgan fingerprint density at radius 3 is 2.54 bits per heavy atom. The topological polar surface area (TPSA) is 50.8 Å². The van der Waals surface area contributed by atoms with Crippen LogP contribution in [-0.2, 0) is 0 Å². The van der Waals surface area contributed by atoms with Crippen LogP contribution in [0.1, 0.15) is 22.1 Å². The first kappa shape index (κ1) is 17.9. The number of hydrogen-bond donors (Lipinski definition) is 1. The van der Waals surface area contributed by atoms with Crippen LogP contribution in [0.2, 0.25) is 0 Å². The summed E-state index contributed by atoms with van der Waals surface area (Å²) in [7, 11) is 3.10. The smallest absolute Gasteiger partial charge is 0.262 e. The number of benzene rings is 3. The molecule has 1 aliphatic rings. The molecular weight excluding hydrogens is 359 g/mol. The van der Waals surface area contributed by atoms with Gasteiger partial charge in [0.15, 0.2) is 0 Å². The molecule has 28 heavy (non-hydrogen) atoms. The van der Waals surface area contributed by atoms with Crippen molar-refractivity contribution >= 4 is 17.3 Å². The minimum Gasteiger partial charge on any atom is -0.497 e. The SMILES string of the molecule is COc1ccc(N2C(=O)c3ccccc3NC2c2cccc(F)c2)c(OC)c1. The first-order valence-corrected chi connectivity index (χ1v) is 8.79. The lowest BCUT2D eigenvalue weighted by Crippen LogP contribution is -2.43. The van der Waals surface area contributed by atoms with Crippen LogP contribution in [0.4, 0.5) is 15.8 Å². The Balaban J connectivity index is 1.90. The van der Waals surface area contributed by atoms with E-state index in [0.717, 1.165) is 0 Å². The van der Waals surface area contributed by atoms with Gasteiger partial charge in [-0.1, -0.05) is 24.3 Å². The van der Waals surface area contributed by atoms with Crippen LogP contribution in [-0.4, -0.2) is 20.1 Å². The van der Waals surface area contributed by atoms with Gasteiger partial charge in [0.2, 0.25) is 0 Å². The van der Waals surface area contributed by atoms with Crippen molar-refractivity contribution in [2.45, 2.75) is 6.17 Å². The van der Waals surface area contributed by atoms with Gasteiger partial charge >= 0.3 is 0 Å². The average molecular weight is 378 g/mol. The number of ether oxygens (including phenoxy) is 2. The second-order valence-corrected chi connectivity index (χ2v) is 6.36. The van der Waals surface area contributed by atoms with Crippen LogP contribution >= 0.6 is 0 Å². The normalized spacial score (nSPS) is 15.6. The number of carbonyl (C=O) groups excluding carboxylic acids is 1. The van der Waals surface area contributed by atoms with Gasteiger partial charge in [-0.2, -0.15) is 0 Å². The fourth-order valence-electron chi connectivity index (χ4n) is 3.40. The van der Waals surface area contributed by atoms with Crippen LogP contribution in [0.3, 0.4) is 0 Å². The first-order valence-electron chi connectivity index (χ1n) is 8.79. The van der Waals surface area contributed by atoms with E-state index in [1.54, 1.807) is 48.4 Å². The number of hydrogen-bond acceptors (Lipinski definition) is 4. The Hall–Kier alpha value is -3.54. The van der Waals surface area contributed by atoms with Crippen molar-refractivity contribution in [1.82, 2.24) is 0 Å². The number of anilines is 2. The Morgan fingerprint density at radius 1 is 0.964 bits per heavy atom. The Kier molecular flexibility index (Phi) is 4.61. The summed E-state index contributed by atoms with van der Waals surface area (Å²) < 4.78 is 24.7. The minimum absolute atomic E-state index is 0.202. The average Bonchev–Trinajstić information content (AvgIpc) is 2.73. The molecule has 1 atom stereocenters. The van der Waals surface area contributed by atoms with E-state index in [1.807, 2.05) is 18.2 Å². The van der Waals surface area contributed by atoms with E-state index in [-0.39, 0.29) is 11.7 Å². The monoisotopic (exact) mass is 378 g/mol. The molecule has 0 saturated heterocycles. The van der Waals surface area contributed by atoms with Gasteiger partial charge < -0.3 is 14.8 Å². The number of para-hydroxylation sites is 1. The summed E-state index contributed by atoms with van der Waals surface area (Å²) in [5, 5.41) is 3.35. The minimum atomic E-state index is -0.597. The first-order chi connectivity index (χ1) is 13.6. The zero-order chi connectivity index (χ0) is 19.7. The van der Waals surface area contributed by atoms with E-state index < -0.39 is 6.17 Å². The summed E-state index contributed by atoms with van der Waals surface area (Å²) in [5.74, 6) is 0.523. The largest absolute Gasteiger partial charge is 0.497 e. The summed E-state index contributed by atoms with van der Waals surface area (Å²) in [6.07, 6.45) is -0.597. The van der Waals surface area contributed by atoms with Gasteiger partial charge in [0.05, 0.1) is 25.5 Å². The lowest BCUT2D eigenvalue weighted by Gasteiger charge is -2.38. The molecule has 0 bridgehead atoms. The molecule has 1 heterocycles. The van der Waals surface area contributed by atoms with E-state index in [0.29, 0.717) is 34.0 Å². The molecule has 5 nitrogen and oxygen atoms in total. The number of methoxy groups -OCH3 is 2. The maximum absolute atomic E-state index is 13.9. The maximum Gasteiger partial charge on any atom is 0.262 e. The highest BCUT2D eigenvalue weighted by Gasteiger charge is 2.35. The molecule has 1 aliphatic heterocycles. The van der Waals surface area contributed by atoms with E-state index in [2.05, 4.69) is 5.32 Å². The molecule has 6 heteroatoms. The van der Waals surface area contributed by atoms with Crippen molar-refractivity contribution in [1.29, 1.82) is 0 Å². The molecule has 1 unspecified atom stereocenters. The van der Waals surface area contributed by atoms with E-state index in [1.165, 1.54) is 19.2 Å². The maximum atomic E-state index is 13.9. The van der Waals surface area contributed by atoms with E-state index in [4.69, 9.17) is 9.47 Å². The Labute approximate surface area is 162 Å². The molecule has 3 aromatic carbocycles. The second kappa shape index (κ2) is 7.23. The van der Waals surface area contributed by atoms with Crippen molar-refractivity contribution in [2.24, 2.45) is 0 Å². The molecule has 4 rings (SSSR count). The highest BCUT2D eigenvalue weighted by Crippen LogP contribution is 2.41. The number of halogens is 1. The van der Waals surface area contributed by atoms with Crippen LogP contribution < -0.4 is 19.7 Å². The van der Waals surface area contributed by atoms with Crippen LogP contribution in [0, 0.1) is 5.82 Å².